The Kier molecular flexibility index (Phi) is 3.38. The Morgan fingerprint density at radius 3 is 2.38 bits per heavy atom. The minimum atomic E-state index is 0.482. The molecule has 1 rings (SSSR count). The topological polar surface area (TPSA) is 29.4 Å². The number of nitrogens with zero attached hydrogens (tertiary/aromatic N) is 1. The summed E-state index contributed by atoms with van der Waals surface area (Å²) >= 11 is 0. The van der Waals surface area contributed by atoms with Crippen LogP contribution in [0.4, 0.5) is 5.69 Å². The van der Waals surface area contributed by atoms with E-state index in [1.54, 1.807) is 12.1 Å². The Bertz CT molecular complexity index is 311. The predicted molar refractivity (Wildman–Crippen MR) is 55.8 cm³/mol. The monoisotopic (exact) mass is 175 g/mol. The zero-order valence-corrected chi connectivity index (χ0v) is 7.95. The molecule has 0 radical (unpaired) electrons. The molecule has 0 unspecified atom stereocenters. The van der Waals surface area contributed by atoms with Crippen molar-refractivity contribution in [2.24, 2.45) is 5.18 Å². The van der Waals surface area contributed by atoms with E-state index in [1.807, 2.05) is 19.1 Å². The summed E-state index contributed by atoms with van der Waals surface area (Å²) in [7, 11) is 0. The first kappa shape index (κ1) is 9.65. The van der Waals surface area contributed by atoms with Crippen LogP contribution in [0.15, 0.2) is 35.5 Å². The van der Waals surface area contributed by atoms with Crippen molar-refractivity contribution in [3.8, 4) is 0 Å². The highest BCUT2D eigenvalue weighted by Crippen LogP contribution is 2.20. The average Bonchev–Trinajstić information content (AvgIpc) is 2.21. The molecule has 13 heavy (non-hydrogen) atoms. The largest absolute Gasteiger partial charge is 0.145 e. The SMILES string of the molecule is C/C=C(\CC)c1ccc(N=O)cc1. The molecule has 0 bridgehead atoms. The Morgan fingerprint density at radius 2 is 2.00 bits per heavy atom. The second kappa shape index (κ2) is 4.55. The molecular weight excluding hydrogens is 162 g/mol. The van der Waals surface area contributed by atoms with Crippen LogP contribution in [0.3, 0.4) is 0 Å². The van der Waals surface area contributed by atoms with Crippen LogP contribution >= 0.6 is 0 Å². The summed E-state index contributed by atoms with van der Waals surface area (Å²) in [6, 6.07) is 7.33. The van der Waals surface area contributed by atoms with Gasteiger partial charge in [0.25, 0.3) is 0 Å². The van der Waals surface area contributed by atoms with Crippen molar-refractivity contribution in [3.63, 3.8) is 0 Å². The van der Waals surface area contributed by atoms with Gasteiger partial charge in [-0.15, -0.1) is 4.91 Å². The summed E-state index contributed by atoms with van der Waals surface area (Å²) in [4.78, 5) is 10.2. The van der Waals surface area contributed by atoms with Crippen molar-refractivity contribution in [3.05, 3.63) is 40.8 Å². The normalized spacial score (nSPS) is 11.4. The van der Waals surface area contributed by atoms with Gasteiger partial charge in [-0.25, -0.2) is 0 Å². The van der Waals surface area contributed by atoms with Crippen LogP contribution in [0.5, 0.6) is 0 Å². The standard InChI is InChI=1S/C11H13NO/c1-3-9(4-2)10-5-7-11(12-13)8-6-10/h3,5-8H,4H2,1-2H3/b9-3+. The van der Waals surface area contributed by atoms with Crippen molar-refractivity contribution in [2.75, 3.05) is 0 Å². The van der Waals surface area contributed by atoms with Crippen molar-refractivity contribution in [1.29, 1.82) is 0 Å². The minimum Gasteiger partial charge on any atom is -0.145 e. The van der Waals surface area contributed by atoms with Crippen LogP contribution in [0.2, 0.25) is 0 Å². The third kappa shape index (κ3) is 2.25. The summed E-state index contributed by atoms with van der Waals surface area (Å²) in [5, 5.41) is 2.85. The molecule has 0 aliphatic carbocycles. The lowest BCUT2D eigenvalue weighted by Gasteiger charge is -2.02. The number of hydrogen-bond donors (Lipinski definition) is 0. The van der Waals surface area contributed by atoms with Gasteiger partial charge in [-0.1, -0.05) is 25.1 Å². The van der Waals surface area contributed by atoms with Crippen LogP contribution in [0, 0.1) is 4.91 Å². The average molecular weight is 175 g/mol. The fourth-order valence-corrected chi connectivity index (χ4v) is 1.31. The highest BCUT2D eigenvalue weighted by molar-refractivity contribution is 5.66. The van der Waals surface area contributed by atoms with E-state index in [0.717, 1.165) is 12.0 Å². The van der Waals surface area contributed by atoms with Gasteiger partial charge in [0, 0.05) is 0 Å². The molecule has 0 amide bonds. The first-order valence-electron chi connectivity index (χ1n) is 4.40. The van der Waals surface area contributed by atoms with Crippen molar-refractivity contribution in [2.45, 2.75) is 20.3 Å². The van der Waals surface area contributed by atoms with Crippen molar-refractivity contribution in [1.82, 2.24) is 0 Å². The first-order valence-corrected chi connectivity index (χ1v) is 4.40. The third-order valence-electron chi connectivity index (χ3n) is 2.07. The summed E-state index contributed by atoms with van der Waals surface area (Å²) < 4.78 is 0. The molecular formula is C11H13NO. The number of benzene rings is 1. The van der Waals surface area contributed by atoms with Crippen LogP contribution < -0.4 is 0 Å². The molecule has 1 aromatic rings. The van der Waals surface area contributed by atoms with Crippen LogP contribution in [-0.4, -0.2) is 0 Å². The fourth-order valence-electron chi connectivity index (χ4n) is 1.31. The summed E-state index contributed by atoms with van der Waals surface area (Å²) in [5.74, 6) is 0. The lowest BCUT2D eigenvalue weighted by atomic mass is 10.0. The molecule has 2 nitrogen and oxygen atoms in total. The Morgan fingerprint density at radius 1 is 1.38 bits per heavy atom. The number of allylic oxidation sites excluding steroid dienone is 2. The van der Waals surface area contributed by atoms with Gasteiger partial charge in [-0.2, -0.15) is 0 Å². The second-order valence-electron chi connectivity index (χ2n) is 2.81. The van der Waals surface area contributed by atoms with Gasteiger partial charge >= 0.3 is 0 Å². The molecule has 0 saturated carbocycles. The zero-order valence-electron chi connectivity index (χ0n) is 7.95. The molecule has 0 saturated heterocycles. The first-order chi connectivity index (χ1) is 6.31. The number of hydrogen-bond acceptors (Lipinski definition) is 2. The minimum absolute atomic E-state index is 0.482. The van der Waals surface area contributed by atoms with Gasteiger partial charge < -0.3 is 0 Å². The molecule has 0 spiro atoms. The van der Waals surface area contributed by atoms with E-state index in [0.29, 0.717) is 5.69 Å². The predicted octanol–water partition coefficient (Wildman–Crippen LogP) is 3.90. The molecule has 0 fully saturated rings. The van der Waals surface area contributed by atoms with E-state index in [4.69, 9.17) is 0 Å². The molecule has 0 aliphatic heterocycles. The van der Waals surface area contributed by atoms with E-state index in [2.05, 4.69) is 18.2 Å². The van der Waals surface area contributed by atoms with Gasteiger partial charge in [-0.3, -0.25) is 0 Å². The summed E-state index contributed by atoms with van der Waals surface area (Å²) in [6.07, 6.45) is 3.09. The lowest BCUT2D eigenvalue weighted by molar-refractivity contribution is 1.23. The Balaban J connectivity index is 2.97. The van der Waals surface area contributed by atoms with Gasteiger partial charge in [0.1, 0.15) is 5.69 Å². The summed E-state index contributed by atoms with van der Waals surface area (Å²) in [6.45, 7) is 4.13. The van der Waals surface area contributed by atoms with Crippen molar-refractivity contribution < 1.29 is 0 Å². The highest BCUT2D eigenvalue weighted by atomic mass is 16.3. The number of rotatable bonds is 3. The Hall–Kier alpha value is -1.44. The summed E-state index contributed by atoms with van der Waals surface area (Å²) in [5.41, 5.74) is 2.94. The van der Waals surface area contributed by atoms with Crippen LogP contribution in [0.25, 0.3) is 5.57 Å². The quantitative estimate of drug-likeness (QED) is 0.640. The van der Waals surface area contributed by atoms with E-state index >= 15 is 0 Å². The molecule has 2 heteroatoms. The van der Waals surface area contributed by atoms with Gasteiger partial charge in [0.05, 0.1) is 0 Å². The molecule has 0 N–H and O–H groups in total. The molecule has 68 valence electrons. The lowest BCUT2D eigenvalue weighted by Crippen LogP contribution is -1.80. The van der Waals surface area contributed by atoms with E-state index in [1.165, 1.54) is 5.57 Å². The van der Waals surface area contributed by atoms with Gasteiger partial charge in [0.2, 0.25) is 0 Å². The maximum Gasteiger partial charge on any atom is 0.108 e. The molecule has 0 aliphatic rings. The highest BCUT2D eigenvalue weighted by Gasteiger charge is 1.97. The smallest absolute Gasteiger partial charge is 0.108 e. The van der Waals surface area contributed by atoms with E-state index < -0.39 is 0 Å². The second-order valence-corrected chi connectivity index (χ2v) is 2.81. The van der Waals surface area contributed by atoms with Crippen LogP contribution in [-0.2, 0) is 0 Å². The molecule has 0 heterocycles. The van der Waals surface area contributed by atoms with E-state index in [9.17, 15) is 4.91 Å². The maximum atomic E-state index is 10.2. The Labute approximate surface area is 78.3 Å². The molecule has 0 atom stereocenters. The van der Waals surface area contributed by atoms with Gasteiger partial charge in [-0.05, 0) is 41.8 Å². The number of nitroso groups, excluding NO2 is 1. The third-order valence-corrected chi connectivity index (χ3v) is 2.07. The van der Waals surface area contributed by atoms with E-state index in [-0.39, 0.29) is 0 Å². The maximum absolute atomic E-state index is 10.2. The molecule has 1 aromatic carbocycles. The van der Waals surface area contributed by atoms with Crippen LogP contribution in [0.1, 0.15) is 25.8 Å². The van der Waals surface area contributed by atoms with Crippen molar-refractivity contribution >= 4 is 11.3 Å². The zero-order chi connectivity index (χ0) is 9.68. The fraction of sp³-hybridized carbons (Fsp3) is 0.273. The molecule has 0 aromatic heterocycles. The van der Waals surface area contributed by atoms with Gasteiger partial charge in [0.15, 0.2) is 0 Å².